The molecule has 0 saturated heterocycles. The number of rotatable bonds is 6. The summed E-state index contributed by atoms with van der Waals surface area (Å²) in [6, 6.07) is 6.38. The van der Waals surface area contributed by atoms with Crippen molar-refractivity contribution in [3.05, 3.63) is 53.6 Å². The summed E-state index contributed by atoms with van der Waals surface area (Å²) >= 11 is 0. The van der Waals surface area contributed by atoms with E-state index in [2.05, 4.69) is 14.7 Å². The molecule has 26 heavy (non-hydrogen) atoms. The van der Waals surface area contributed by atoms with E-state index >= 15 is 0 Å². The largest absolute Gasteiger partial charge is 0.363 e. The Morgan fingerprint density at radius 2 is 1.73 bits per heavy atom. The van der Waals surface area contributed by atoms with Crippen LogP contribution in [0.1, 0.15) is 57.6 Å². The van der Waals surface area contributed by atoms with Crippen LogP contribution in [0.4, 0.5) is 10.1 Å². The molecule has 0 aliphatic carbocycles. The van der Waals surface area contributed by atoms with Crippen molar-refractivity contribution in [3.8, 4) is 0 Å². The van der Waals surface area contributed by atoms with E-state index in [0.29, 0.717) is 4.90 Å². The van der Waals surface area contributed by atoms with Crippen LogP contribution < -0.4 is 10.5 Å². The average Bonchev–Trinajstić information content (AvgIpc) is 2.56. The zero-order chi connectivity index (χ0) is 19.5. The van der Waals surface area contributed by atoms with Crippen molar-refractivity contribution in [2.24, 2.45) is 9.50 Å². The van der Waals surface area contributed by atoms with Crippen molar-refractivity contribution < 1.29 is 8.60 Å². The van der Waals surface area contributed by atoms with E-state index in [1.54, 1.807) is 25.3 Å². The van der Waals surface area contributed by atoms with Crippen LogP contribution in [0.3, 0.4) is 0 Å². The highest BCUT2D eigenvalue weighted by atomic mass is 32.2. The van der Waals surface area contributed by atoms with Crippen molar-refractivity contribution >= 4 is 15.6 Å². The summed E-state index contributed by atoms with van der Waals surface area (Å²) in [5, 5.41) is 9.22. The van der Waals surface area contributed by atoms with Gasteiger partial charge in [0.05, 0.1) is 4.90 Å². The molecule has 7 heteroatoms. The first-order valence-electron chi connectivity index (χ1n) is 8.65. The van der Waals surface area contributed by atoms with Gasteiger partial charge in [-0.1, -0.05) is 27.7 Å². The minimum Gasteiger partial charge on any atom is -0.363 e. The summed E-state index contributed by atoms with van der Waals surface area (Å²) in [4.78, 5) is 4.32. The van der Waals surface area contributed by atoms with Crippen LogP contribution in [0, 0.1) is 5.82 Å². The number of pyridine rings is 1. The monoisotopic (exact) mass is 378 g/mol. The number of halogens is 1. The number of anilines is 1. The molecule has 0 saturated carbocycles. The van der Waals surface area contributed by atoms with Gasteiger partial charge in [-0.05, 0) is 54.2 Å². The first-order chi connectivity index (χ1) is 12.1. The molecule has 1 aromatic heterocycles. The lowest BCUT2D eigenvalue weighted by Gasteiger charge is -2.23. The average molecular weight is 379 g/mol. The van der Waals surface area contributed by atoms with Gasteiger partial charge in [0, 0.05) is 18.1 Å². The van der Waals surface area contributed by atoms with E-state index in [-0.39, 0.29) is 17.7 Å². The van der Waals surface area contributed by atoms with E-state index in [1.165, 1.54) is 18.3 Å². The summed E-state index contributed by atoms with van der Waals surface area (Å²) < 4.78 is 31.0. The fourth-order valence-corrected chi connectivity index (χ4v) is 3.91. The van der Waals surface area contributed by atoms with E-state index in [1.807, 2.05) is 27.7 Å². The number of aromatic nitrogens is 1. The smallest absolute Gasteiger partial charge is 0.138 e. The third-order valence-corrected chi connectivity index (χ3v) is 5.59. The Kier molecular flexibility index (Phi) is 6.36. The van der Waals surface area contributed by atoms with E-state index < -0.39 is 16.1 Å². The van der Waals surface area contributed by atoms with Gasteiger partial charge in [0.15, 0.2) is 0 Å². The molecule has 3 N–H and O–H groups in total. The molecule has 2 atom stereocenters. The summed E-state index contributed by atoms with van der Waals surface area (Å²) in [5.74, 6) is -0.0116. The lowest BCUT2D eigenvalue weighted by Crippen LogP contribution is -2.22. The quantitative estimate of drug-likeness (QED) is 0.769. The summed E-state index contributed by atoms with van der Waals surface area (Å²) in [5.41, 5.74) is 2.55. The Labute approximate surface area is 155 Å². The van der Waals surface area contributed by atoms with Crippen molar-refractivity contribution in [1.82, 2.24) is 4.98 Å². The van der Waals surface area contributed by atoms with E-state index in [4.69, 9.17) is 5.14 Å². The molecule has 1 aromatic carbocycles. The van der Waals surface area contributed by atoms with Crippen molar-refractivity contribution in [2.75, 3.05) is 5.32 Å². The lowest BCUT2D eigenvalue weighted by molar-refractivity contribution is 0.618. The Morgan fingerprint density at radius 1 is 1.15 bits per heavy atom. The van der Waals surface area contributed by atoms with Gasteiger partial charge in [-0.15, -0.1) is 0 Å². The van der Waals surface area contributed by atoms with Gasteiger partial charge in [0.25, 0.3) is 0 Å². The van der Waals surface area contributed by atoms with Gasteiger partial charge in [0.2, 0.25) is 0 Å². The first-order valence-corrected chi connectivity index (χ1v) is 10.2. The second-order valence-corrected chi connectivity index (χ2v) is 8.77. The highest BCUT2D eigenvalue weighted by Crippen LogP contribution is 2.34. The normalized spacial score (nSPS) is 15.0. The van der Waals surface area contributed by atoms with Gasteiger partial charge < -0.3 is 5.32 Å². The molecule has 0 aliphatic heterocycles. The molecule has 0 amide bonds. The number of hydrogen-bond donors (Lipinski definition) is 2. The van der Waals surface area contributed by atoms with Crippen LogP contribution in [0.2, 0.25) is 0 Å². The maximum Gasteiger partial charge on any atom is 0.138 e. The molecule has 0 radical (unpaired) electrons. The highest BCUT2D eigenvalue weighted by molar-refractivity contribution is 7.91. The minimum absolute atomic E-state index is 0.124. The predicted octanol–water partition coefficient (Wildman–Crippen LogP) is 4.63. The van der Waals surface area contributed by atoms with Gasteiger partial charge in [-0.2, -0.15) is 4.36 Å². The van der Waals surface area contributed by atoms with Crippen LogP contribution >= 0.6 is 0 Å². The Bertz CT molecular complexity index is 845. The molecule has 2 unspecified atom stereocenters. The summed E-state index contributed by atoms with van der Waals surface area (Å²) in [7, 11) is -3.08. The van der Waals surface area contributed by atoms with Crippen molar-refractivity contribution in [3.63, 3.8) is 0 Å². The standard InChI is InChI=1S/C19H27FN4OS/c1-12(2)17-9-15(20)10-18(13(3)4)19(17)23-14(5)24-26(21,25)16-7-6-8-22-11-16/h6-14,23H,1-5H3,(H2,21,24,25). The Hall–Kier alpha value is -1.99. The van der Waals surface area contributed by atoms with E-state index in [9.17, 15) is 8.60 Å². The molecule has 0 bridgehead atoms. The van der Waals surface area contributed by atoms with Crippen LogP contribution in [0.15, 0.2) is 45.9 Å². The third kappa shape index (κ3) is 4.80. The third-order valence-electron chi connectivity index (χ3n) is 4.05. The highest BCUT2D eigenvalue weighted by Gasteiger charge is 2.18. The Morgan fingerprint density at radius 3 is 2.19 bits per heavy atom. The number of nitrogens with one attached hydrogen (secondary N) is 1. The first kappa shape index (κ1) is 20.3. The summed E-state index contributed by atoms with van der Waals surface area (Å²) in [6.45, 7) is 9.81. The molecule has 142 valence electrons. The fourth-order valence-electron chi connectivity index (χ4n) is 2.78. The maximum absolute atomic E-state index is 14.0. The van der Waals surface area contributed by atoms with Crippen molar-refractivity contribution in [1.29, 1.82) is 0 Å². The van der Waals surface area contributed by atoms with Crippen LogP contribution in [-0.2, 0) is 9.92 Å². The number of nitrogens with two attached hydrogens (primary N) is 1. The van der Waals surface area contributed by atoms with Crippen molar-refractivity contribution in [2.45, 2.75) is 57.5 Å². The van der Waals surface area contributed by atoms with Gasteiger partial charge in [-0.25, -0.2) is 13.7 Å². The van der Waals surface area contributed by atoms with Crippen LogP contribution in [0.5, 0.6) is 0 Å². The van der Waals surface area contributed by atoms with Gasteiger partial charge >= 0.3 is 0 Å². The summed E-state index contributed by atoms with van der Waals surface area (Å²) in [6.07, 6.45) is 2.52. The lowest BCUT2D eigenvalue weighted by atomic mass is 9.92. The Balaban J connectivity index is 2.44. The SMILES string of the molecule is CC(N=S(N)(=O)c1cccnc1)Nc1c(C(C)C)cc(F)cc1C(C)C. The second kappa shape index (κ2) is 8.14. The molecule has 0 fully saturated rings. The molecule has 1 heterocycles. The topological polar surface area (TPSA) is 80.4 Å². The number of hydrogen-bond acceptors (Lipinski definition) is 4. The molecular formula is C19H27FN4OS. The molecular weight excluding hydrogens is 351 g/mol. The van der Waals surface area contributed by atoms with Gasteiger partial charge in [0.1, 0.15) is 21.9 Å². The zero-order valence-corrected chi connectivity index (χ0v) is 16.7. The number of benzene rings is 1. The molecule has 0 spiro atoms. The minimum atomic E-state index is -3.08. The fraction of sp³-hybridized carbons (Fsp3) is 0.421. The van der Waals surface area contributed by atoms with Gasteiger partial charge in [-0.3, -0.25) is 4.98 Å². The molecule has 2 aromatic rings. The molecule has 2 rings (SSSR count). The predicted molar refractivity (Wildman–Crippen MR) is 105 cm³/mol. The van der Waals surface area contributed by atoms with E-state index in [0.717, 1.165) is 16.8 Å². The maximum atomic E-state index is 14.0. The second-order valence-electron chi connectivity index (χ2n) is 6.95. The number of nitrogens with zero attached hydrogens (tertiary/aromatic N) is 2. The van der Waals surface area contributed by atoms with Crippen LogP contribution in [0.25, 0.3) is 0 Å². The molecule has 5 nitrogen and oxygen atoms in total. The molecule has 0 aliphatic rings. The zero-order valence-electron chi connectivity index (χ0n) is 15.9. The van der Waals surface area contributed by atoms with Crippen LogP contribution in [-0.4, -0.2) is 15.4 Å².